The van der Waals surface area contributed by atoms with Crippen molar-refractivity contribution >= 4 is 16.7 Å². The summed E-state index contributed by atoms with van der Waals surface area (Å²) < 4.78 is 11.2. The van der Waals surface area contributed by atoms with Gasteiger partial charge in [-0.25, -0.2) is 0 Å². The van der Waals surface area contributed by atoms with Gasteiger partial charge in [0.1, 0.15) is 0 Å². The minimum atomic E-state index is -0.777. The molecule has 2 fully saturated rings. The van der Waals surface area contributed by atoms with Crippen LogP contribution < -0.4 is 10.6 Å². The van der Waals surface area contributed by atoms with Crippen LogP contribution in [0.15, 0.2) is 0 Å². The predicted octanol–water partition coefficient (Wildman–Crippen LogP) is 0.0117. The van der Waals surface area contributed by atoms with E-state index in [4.69, 9.17) is 0 Å². The molecule has 4 unspecified atom stereocenters. The van der Waals surface area contributed by atoms with E-state index < -0.39 is 10.8 Å². The fourth-order valence-corrected chi connectivity index (χ4v) is 3.30. The van der Waals surface area contributed by atoms with Gasteiger partial charge in [0.25, 0.3) is 0 Å². The fraction of sp³-hybridized carbons (Fsp3) is 0.909. The fourth-order valence-electron chi connectivity index (χ4n) is 2.68. The zero-order valence-electron chi connectivity index (χ0n) is 9.70. The molecule has 2 rings (SSSR count). The first-order valence-electron chi connectivity index (χ1n) is 6.09. The number of carbonyl (C=O) groups excluding carboxylic acids is 1. The lowest BCUT2D eigenvalue weighted by atomic mass is 9.88. The Hall–Kier alpha value is -0.420. The number of hydrogen-bond donors (Lipinski definition) is 2. The molecule has 2 heterocycles. The number of rotatable bonds is 5. The van der Waals surface area contributed by atoms with Crippen LogP contribution in [0, 0.1) is 5.92 Å². The third kappa shape index (κ3) is 2.63. The molecule has 4 nitrogen and oxygen atoms in total. The normalized spacial score (nSPS) is 33.9. The first-order valence-corrected chi connectivity index (χ1v) is 7.58. The van der Waals surface area contributed by atoms with Crippen molar-refractivity contribution < 1.29 is 9.00 Å². The Morgan fingerprint density at radius 1 is 1.50 bits per heavy atom. The second-order valence-corrected chi connectivity index (χ2v) is 6.48. The van der Waals surface area contributed by atoms with Crippen LogP contribution in [0.1, 0.15) is 26.2 Å². The minimum Gasteiger partial charge on any atom is -0.355 e. The SMILES string of the molecule is CCS(=O)CCNC(=O)C1CC2CCC1N2. The maximum Gasteiger partial charge on any atom is 0.224 e. The van der Waals surface area contributed by atoms with Gasteiger partial charge < -0.3 is 10.6 Å². The molecule has 92 valence electrons. The Bertz CT molecular complexity index is 296. The van der Waals surface area contributed by atoms with Crippen molar-refractivity contribution in [1.82, 2.24) is 10.6 Å². The number of carbonyl (C=O) groups is 1. The summed E-state index contributed by atoms with van der Waals surface area (Å²) in [4.78, 5) is 11.9. The van der Waals surface area contributed by atoms with E-state index in [0.717, 1.165) is 12.8 Å². The van der Waals surface area contributed by atoms with Crippen LogP contribution in [-0.4, -0.2) is 40.3 Å². The first kappa shape index (κ1) is 12.0. The van der Waals surface area contributed by atoms with Gasteiger partial charge in [-0.1, -0.05) is 6.92 Å². The molecule has 0 saturated carbocycles. The minimum absolute atomic E-state index is 0.146. The molecule has 0 aromatic heterocycles. The molecule has 2 bridgehead atoms. The van der Waals surface area contributed by atoms with E-state index in [1.807, 2.05) is 6.92 Å². The molecular weight excluding hydrogens is 224 g/mol. The third-order valence-electron chi connectivity index (χ3n) is 3.59. The highest BCUT2D eigenvalue weighted by molar-refractivity contribution is 7.84. The van der Waals surface area contributed by atoms with Crippen LogP contribution in [0.25, 0.3) is 0 Å². The van der Waals surface area contributed by atoms with Crippen molar-refractivity contribution in [2.75, 3.05) is 18.1 Å². The number of hydrogen-bond acceptors (Lipinski definition) is 3. The van der Waals surface area contributed by atoms with Crippen molar-refractivity contribution in [1.29, 1.82) is 0 Å². The van der Waals surface area contributed by atoms with Crippen molar-refractivity contribution in [2.24, 2.45) is 5.92 Å². The second-order valence-electron chi connectivity index (χ2n) is 4.61. The summed E-state index contributed by atoms with van der Waals surface area (Å²) in [7, 11) is -0.777. The van der Waals surface area contributed by atoms with Crippen LogP contribution in [0.3, 0.4) is 0 Å². The van der Waals surface area contributed by atoms with Crippen molar-refractivity contribution in [3.8, 4) is 0 Å². The van der Waals surface area contributed by atoms with Gasteiger partial charge in [-0.3, -0.25) is 9.00 Å². The van der Waals surface area contributed by atoms with Crippen molar-refractivity contribution in [2.45, 2.75) is 38.3 Å². The Balaban J connectivity index is 1.70. The van der Waals surface area contributed by atoms with Crippen LogP contribution in [-0.2, 0) is 15.6 Å². The van der Waals surface area contributed by atoms with Gasteiger partial charge in [0.2, 0.25) is 5.91 Å². The summed E-state index contributed by atoms with van der Waals surface area (Å²) in [5.74, 6) is 1.55. The van der Waals surface area contributed by atoms with Gasteiger partial charge in [0.15, 0.2) is 0 Å². The van der Waals surface area contributed by atoms with Crippen LogP contribution in [0.2, 0.25) is 0 Å². The zero-order chi connectivity index (χ0) is 11.5. The number of nitrogens with one attached hydrogen (secondary N) is 2. The van der Waals surface area contributed by atoms with E-state index in [2.05, 4.69) is 10.6 Å². The van der Waals surface area contributed by atoms with Crippen molar-refractivity contribution in [3.63, 3.8) is 0 Å². The maximum absolute atomic E-state index is 11.9. The molecule has 0 aromatic rings. The Morgan fingerprint density at radius 3 is 2.88 bits per heavy atom. The zero-order valence-corrected chi connectivity index (χ0v) is 10.5. The van der Waals surface area contributed by atoms with E-state index in [9.17, 15) is 9.00 Å². The first-order chi connectivity index (χ1) is 7.70. The van der Waals surface area contributed by atoms with Crippen molar-refractivity contribution in [3.05, 3.63) is 0 Å². The van der Waals surface area contributed by atoms with E-state index in [0.29, 0.717) is 30.1 Å². The summed E-state index contributed by atoms with van der Waals surface area (Å²) in [6, 6.07) is 0.951. The Morgan fingerprint density at radius 2 is 2.31 bits per heavy atom. The highest BCUT2D eigenvalue weighted by Crippen LogP contribution is 2.33. The van der Waals surface area contributed by atoms with E-state index in [1.54, 1.807) is 0 Å². The molecule has 0 aromatic carbocycles. The molecule has 2 saturated heterocycles. The van der Waals surface area contributed by atoms with Crippen LogP contribution >= 0.6 is 0 Å². The number of amides is 1. The van der Waals surface area contributed by atoms with Gasteiger partial charge in [-0.15, -0.1) is 0 Å². The highest BCUT2D eigenvalue weighted by Gasteiger charge is 2.42. The molecule has 4 atom stereocenters. The topological polar surface area (TPSA) is 58.2 Å². The lowest BCUT2D eigenvalue weighted by Crippen LogP contribution is -2.39. The van der Waals surface area contributed by atoms with Crippen LogP contribution in [0.5, 0.6) is 0 Å². The van der Waals surface area contributed by atoms with Gasteiger partial charge in [-0.2, -0.15) is 0 Å². The monoisotopic (exact) mass is 244 g/mol. The largest absolute Gasteiger partial charge is 0.355 e. The predicted molar refractivity (Wildman–Crippen MR) is 64.6 cm³/mol. The smallest absolute Gasteiger partial charge is 0.224 e. The molecule has 2 N–H and O–H groups in total. The summed E-state index contributed by atoms with van der Waals surface area (Å²) >= 11 is 0. The average Bonchev–Trinajstić information content (AvgIpc) is 2.90. The summed E-state index contributed by atoms with van der Waals surface area (Å²) in [6.07, 6.45) is 3.32. The molecule has 16 heavy (non-hydrogen) atoms. The second kappa shape index (κ2) is 5.27. The van der Waals surface area contributed by atoms with Gasteiger partial charge in [0.05, 0.1) is 5.92 Å². The molecular formula is C11H20N2O2S. The van der Waals surface area contributed by atoms with E-state index in [1.165, 1.54) is 6.42 Å². The molecule has 5 heteroatoms. The van der Waals surface area contributed by atoms with Gasteiger partial charge in [-0.05, 0) is 19.3 Å². The maximum atomic E-state index is 11.9. The quantitative estimate of drug-likeness (QED) is 0.716. The van der Waals surface area contributed by atoms with Crippen LogP contribution in [0.4, 0.5) is 0 Å². The summed E-state index contributed by atoms with van der Waals surface area (Å²) in [6.45, 7) is 2.45. The average molecular weight is 244 g/mol. The van der Waals surface area contributed by atoms with E-state index in [-0.39, 0.29) is 11.8 Å². The number of fused-ring (bicyclic) bond motifs is 2. The molecule has 0 aliphatic carbocycles. The highest BCUT2D eigenvalue weighted by atomic mass is 32.2. The molecule has 2 aliphatic heterocycles. The summed E-state index contributed by atoms with van der Waals surface area (Å²) in [5.41, 5.74) is 0. The lowest BCUT2D eigenvalue weighted by Gasteiger charge is -2.19. The van der Waals surface area contributed by atoms with Gasteiger partial charge >= 0.3 is 0 Å². The lowest BCUT2D eigenvalue weighted by molar-refractivity contribution is -0.125. The molecule has 2 aliphatic rings. The molecule has 0 spiro atoms. The van der Waals surface area contributed by atoms with Gasteiger partial charge in [0, 0.05) is 40.9 Å². The third-order valence-corrected chi connectivity index (χ3v) is 4.89. The standard InChI is InChI=1S/C11H20N2O2S/c1-2-16(15)6-5-12-11(14)9-7-8-3-4-10(9)13-8/h8-10,13H,2-7H2,1H3,(H,12,14). The molecule has 0 radical (unpaired) electrons. The molecule has 1 amide bonds. The van der Waals surface area contributed by atoms with E-state index >= 15 is 0 Å². The Kier molecular flexibility index (Phi) is 3.97. The Labute approximate surface area is 99.0 Å². The summed E-state index contributed by atoms with van der Waals surface area (Å²) in [5, 5.41) is 6.35.